The van der Waals surface area contributed by atoms with Crippen LogP contribution in [-0.2, 0) is 34.9 Å². The summed E-state index contributed by atoms with van der Waals surface area (Å²) in [4.78, 5) is 15.7. The van der Waals surface area contributed by atoms with E-state index in [0.29, 0.717) is 24.8 Å². The lowest BCUT2D eigenvalue weighted by Gasteiger charge is -2.22. The van der Waals surface area contributed by atoms with Gasteiger partial charge in [0.15, 0.2) is 11.4 Å². The Bertz CT molecular complexity index is 1370. The molecule has 0 aromatic carbocycles. The molecule has 0 aliphatic carbocycles. The number of carbonyl (C=O) groups is 1. The highest BCUT2D eigenvalue weighted by atomic mass is 19.4. The van der Waals surface area contributed by atoms with Gasteiger partial charge in [-0.2, -0.15) is 36.5 Å². The number of hydrogen-bond donors (Lipinski definition) is 2. The number of carbonyl (C=O) groups excluding carboxylic acids is 1. The molecule has 1 aliphatic rings. The summed E-state index contributed by atoms with van der Waals surface area (Å²) in [5.41, 5.74) is -2.43. The van der Waals surface area contributed by atoms with Crippen LogP contribution in [0.2, 0.25) is 0 Å². The topological polar surface area (TPSA) is 125 Å². The van der Waals surface area contributed by atoms with Gasteiger partial charge in [-0.25, -0.2) is 9.78 Å². The maximum atomic E-state index is 13.8. The van der Waals surface area contributed by atoms with Crippen LogP contribution in [0.3, 0.4) is 0 Å². The molecule has 4 rings (SSSR count). The van der Waals surface area contributed by atoms with Crippen LogP contribution in [0.5, 0.6) is 5.88 Å². The molecule has 2 amide bonds. The lowest BCUT2D eigenvalue weighted by Crippen LogP contribution is -2.32. The van der Waals surface area contributed by atoms with Crippen molar-refractivity contribution in [1.82, 2.24) is 30.3 Å². The maximum Gasteiger partial charge on any atom is 0.435 e. The molecule has 0 radical (unpaired) electrons. The first-order valence-electron chi connectivity index (χ1n) is 12.3. The van der Waals surface area contributed by atoms with E-state index < -0.39 is 35.9 Å². The van der Waals surface area contributed by atoms with Crippen molar-refractivity contribution < 1.29 is 45.3 Å². The molecular weight excluding hydrogens is 564 g/mol. The molecule has 3 aromatic heterocycles. The lowest BCUT2D eigenvalue weighted by atomic mass is 10.1. The van der Waals surface area contributed by atoms with Crippen molar-refractivity contribution in [2.24, 2.45) is 0 Å². The molecule has 0 bridgehead atoms. The summed E-state index contributed by atoms with van der Waals surface area (Å²) in [5, 5.41) is 16.2. The van der Waals surface area contributed by atoms with Crippen LogP contribution in [0.4, 0.5) is 36.8 Å². The molecule has 17 heteroatoms. The normalized spacial score (nSPS) is 16.0. The minimum Gasteiger partial charge on any atom is -0.478 e. The number of halogens is 6. The number of aryl methyl sites for hydroxylation is 1. The van der Waals surface area contributed by atoms with Crippen LogP contribution >= 0.6 is 0 Å². The van der Waals surface area contributed by atoms with Gasteiger partial charge < -0.3 is 24.8 Å². The third-order valence-electron chi connectivity index (χ3n) is 5.67. The van der Waals surface area contributed by atoms with Crippen LogP contribution in [0.25, 0.3) is 11.3 Å². The number of rotatable bonds is 8. The van der Waals surface area contributed by atoms with Gasteiger partial charge >= 0.3 is 18.4 Å². The average Bonchev–Trinajstić information content (AvgIpc) is 3.32. The second-order valence-corrected chi connectivity index (χ2v) is 8.86. The number of pyridine rings is 1. The number of aromatic nitrogens is 5. The summed E-state index contributed by atoms with van der Waals surface area (Å²) in [6.45, 7) is 3.92. The molecule has 0 spiro atoms. The average molecular weight is 589 g/mol. The number of ether oxygens (including phenoxy) is 3. The van der Waals surface area contributed by atoms with Gasteiger partial charge in [-0.05, 0) is 31.5 Å². The zero-order chi connectivity index (χ0) is 29.8. The zero-order valence-corrected chi connectivity index (χ0v) is 21.8. The smallest absolute Gasteiger partial charge is 0.435 e. The van der Waals surface area contributed by atoms with Gasteiger partial charge in [-0.15, -0.1) is 5.10 Å². The van der Waals surface area contributed by atoms with Gasteiger partial charge in [0, 0.05) is 18.0 Å². The molecule has 41 heavy (non-hydrogen) atoms. The van der Waals surface area contributed by atoms with E-state index in [9.17, 15) is 31.1 Å². The molecule has 1 atom stereocenters. The summed E-state index contributed by atoms with van der Waals surface area (Å²) >= 11 is 0. The first kappa shape index (κ1) is 30.0. The zero-order valence-electron chi connectivity index (χ0n) is 21.8. The van der Waals surface area contributed by atoms with Crippen molar-refractivity contribution >= 4 is 11.7 Å². The Balaban J connectivity index is 1.46. The Morgan fingerprint density at radius 2 is 1.90 bits per heavy atom. The van der Waals surface area contributed by atoms with Crippen LogP contribution in [-0.4, -0.2) is 63.5 Å². The van der Waals surface area contributed by atoms with E-state index in [1.165, 1.54) is 19.2 Å². The van der Waals surface area contributed by atoms with Crippen LogP contribution < -0.4 is 15.4 Å². The van der Waals surface area contributed by atoms with E-state index in [1.807, 2.05) is 0 Å². The van der Waals surface area contributed by atoms with Crippen LogP contribution in [0.15, 0.2) is 24.4 Å². The number of hydrogen-bond acceptors (Lipinski definition) is 8. The molecule has 4 heterocycles. The second kappa shape index (κ2) is 12.3. The monoisotopic (exact) mass is 589 g/mol. The van der Waals surface area contributed by atoms with Gasteiger partial charge in [0.05, 0.1) is 56.5 Å². The van der Waals surface area contributed by atoms with E-state index in [4.69, 9.17) is 14.2 Å². The van der Waals surface area contributed by atoms with Gasteiger partial charge in [-0.3, -0.25) is 4.68 Å². The predicted molar refractivity (Wildman–Crippen MR) is 130 cm³/mol. The van der Waals surface area contributed by atoms with Crippen LogP contribution in [0, 0.1) is 6.92 Å². The Hall–Kier alpha value is -3.99. The summed E-state index contributed by atoms with van der Waals surface area (Å²) < 4.78 is 97.7. The summed E-state index contributed by atoms with van der Waals surface area (Å²) in [6, 6.07) is 2.33. The third-order valence-corrected chi connectivity index (χ3v) is 5.67. The first-order chi connectivity index (χ1) is 19.3. The highest BCUT2D eigenvalue weighted by molar-refractivity contribution is 5.89. The van der Waals surface area contributed by atoms with Crippen LogP contribution in [0.1, 0.15) is 29.6 Å². The minimum atomic E-state index is -4.77. The number of nitrogens with zero attached hydrogens (tertiary/aromatic N) is 5. The van der Waals surface area contributed by atoms with E-state index >= 15 is 0 Å². The van der Waals surface area contributed by atoms with E-state index in [1.54, 1.807) is 6.92 Å². The first-order valence-corrected chi connectivity index (χ1v) is 12.3. The van der Waals surface area contributed by atoms with Crippen molar-refractivity contribution in [2.45, 2.75) is 45.4 Å². The number of nitrogens with one attached hydrogen (secondary N) is 2. The van der Waals surface area contributed by atoms with Crippen molar-refractivity contribution in [3.63, 3.8) is 0 Å². The largest absolute Gasteiger partial charge is 0.478 e. The molecule has 1 unspecified atom stereocenters. The Morgan fingerprint density at radius 1 is 1.12 bits per heavy atom. The quantitative estimate of drug-likeness (QED) is 0.375. The van der Waals surface area contributed by atoms with Gasteiger partial charge in [-0.1, -0.05) is 0 Å². The number of amides is 2. The highest BCUT2D eigenvalue weighted by Crippen LogP contribution is 2.36. The second-order valence-electron chi connectivity index (χ2n) is 8.86. The Kier molecular flexibility index (Phi) is 8.96. The number of urea groups is 1. The van der Waals surface area contributed by atoms with Crippen molar-refractivity contribution in [2.75, 3.05) is 31.7 Å². The standard InChI is InChI=1S/C24H25F6N7O4/c1-3-40-19-8-14(7-18(33-19)23(25,26)27)32-22(38)31-9-15-6-13(2)20(35-34-15)17-11-37(36-21(17)24(28,29)30)10-16-12-39-4-5-41-16/h6-8,11,16H,3-5,9-10,12H2,1-2H3,(H2,31,32,33,38). The molecule has 3 aromatic rings. The minimum absolute atomic E-state index is 0.0423. The fourth-order valence-electron chi connectivity index (χ4n) is 3.93. The molecule has 0 saturated carbocycles. The van der Waals surface area contributed by atoms with Crippen molar-refractivity contribution in [3.8, 4) is 17.1 Å². The Labute approximate surface area is 229 Å². The van der Waals surface area contributed by atoms with Gasteiger partial charge in [0.25, 0.3) is 0 Å². The third kappa shape index (κ3) is 7.81. The fourth-order valence-corrected chi connectivity index (χ4v) is 3.93. The van der Waals surface area contributed by atoms with Gasteiger partial charge in [0.2, 0.25) is 5.88 Å². The summed E-state index contributed by atoms with van der Waals surface area (Å²) in [6.07, 6.45) is -8.78. The SMILES string of the molecule is CCOc1cc(NC(=O)NCc2cc(C)c(-c3cn(CC4COCCO4)nc3C(F)(F)F)nn2)cc(C(F)(F)F)n1. The molecule has 11 nitrogen and oxygen atoms in total. The van der Waals surface area contributed by atoms with Gasteiger partial charge in [0.1, 0.15) is 6.10 Å². The maximum absolute atomic E-state index is 13.8. The van der Waals surface area contributed by atoms with E-state index in [2.05, 4.69) is 30.9 Å². The fraction of sp³-hybridized carbons (Fsp3) is 0.458. The molecule has 1 saturated heterocycles. The van der Waals surface area contributed by atoms with E-state index in [-0.39, 0.29) is 54.8 Å². The number of anilines is 1. The Morgan fingerprint density at radius 3 is 2.54 bits per heavy atom. The molecule has 2 N–H and O–H groups in total. The number of alkyl halides is 6. The van der Waals surface area contributed by atoms with E-state index in [0.717, 1.165) is 10.7 Å². The summed E-state index contributed by atoms with van der Waals surface area (Å²) in [5.74, 6) is -0.323. The molecular formula is C24H25F6N7O4. The predicted octanol–water partition coefficient (Wildman–Crippen LogP) is 4.22. The summed E-state index contributed by atoms with van der Waals surface area (Å²) in [7, 11) is 0. The van der Waals surface area contributed by atoms with Crippen molar-refractivity contribution in [3.05, 3.63) is 47.0 Å². The molecule has 1 fully saturated rings. The van der Waals surface area contributed by atoms with Crippen molar-refractivity contribution in [1.29, 1.82) is 0 Å². The molecule has 222 valence electrons. The molecule has 1 aliphatic heterocycles. The lowest BCUT2D eigenvalue weighted by molar-refractivity contribution is -0.142. The highest BCUT2D eigenvalue weighted by Gasteiger charge is 2.39.